The minimum Gasteiger partial charge on any atom is -0.330 e. The number of hydrogen-bond donors (Lipinski definition) is 1. The van der Waals surface area contributed by atoms with E-state index in [1.54, 1.807) is 0 Å². The number of aromatic nitrogens is 3. The summed E-state index contributed by atoms with van der Waals surface area (Å²) in [6, 6.07) is 1.93. The molecule has 0 amide bonds. The van der Waals surface area contributed by atoms with Gasteiger partial charge in [-0.1, -0.05) is 0 Å². The second kappa shape index (κ2) is 3.14. The fourth-order valence-electron chi connectivity index (χ4n) is 1.36. The van der Waals surface area contributed by atoms with Crippen molar-refractivity contribution >= 4 is 11.0 Å². The van der Waals surface area contributed by atoms with Crippen LogP contribution in [-0.2, 0) is 13.1 Å². The highest BCUT2D eigenvalue weighted by Crippen LogP contribution is 2.11. The lowest BCUT2D eigenvalue weighted by atomic mass is 10.3. The van der Waals surface area contributed by atoms with E-state index in [1.807, 2.05) is 18.6 Å². The predicted molar refractivity (Wildman–Crippen MR) is 51.1 cm³/mol. The van der Waals surface area contributed by atoms with E-state index in [-0.39, 0.29) is 0 Å². The Labute approximate surface area is 76.4 Å². The van der Waals surface area contributed by atoms with Crippen LogP contribution in [0.4, 0.5) is 0 Å². The van der Waals surface area contributed by atoms with Gasteiger partial charge >= 0.3 is 0 Å². The number of aryl methyl sites for hydroxylation is 1. The lowest BCUT2D eigenvalue weighted by Gasteiger charge is -1.98. The molecule has 0 fully saturated rings. The average molecular weight is 176 g/mol. The molecular formula is C9H12N4. The maximum Gasteiger partial charge on any atom is 0.0958 e. The fourth-order valence-corrected chi connectivity index (χ4v) is 1.36. The van der Waals surface area contributed by atoms with Crippen LogP contribution in [0.25, 0.3) is 11.0 Å². The Morgan fingerprint density at radius 3 is 3.00 bits per heavy atom. The Bertz CT molecular complexity index is 418. The highest BCUT2D eigenvalue weighted by atomic mass is 15.0. The SMILES string of the molecule is CCn1cnc2cc(CN)ncc21. The van der Waals surface area contributed by atoms with Crippen LogP contribution < -0.4 is 5.73 Å². The molecule has 0 atom stereocenters. The summed E-state index contributed by atoms with van der Waals surface area (Å²) in [4.78, 5) is 8.49. The lowest BCUT2D eigenvalue weighted by molar-refractivity contribution is 0.785. The number of rotatable bonds is 2. The summed E-state index contributed by atoms with van der Waals surface area (Å²) in [6.07, 6.45) is 3.65. The molecule has 0 saturated carbocycles. The first kappa shape index (κ1) is 8.19. The van der Waals surface area contributed by atoms with Gasteiger partial charge in [0.2, 0.25) is 0 Å². The first-order valence-corrected chi connectivity index (χ1v) is 4.35. The third kappa shape index (κ3) is 1.29. The number of hydrogen-bond acceptors (Lipinski definition) is 3. The van der Waals surface area contributed by atoms with Crippen molar-refractivity contribution in [1.82, 2.24) is 14.5 Å². The van der Waals surface area contributed by atoms with Crippen molar-refractivity contribution in [2.24, 2.45) is 5.73 Å². The van der Waals surface area contributed by atoms with E-state index >= 15 is 0 Å². The second-order valence-corrected chi connectivity index (χ2v) is 2.90. The fraction of sp³-hybridized carbons (Fsp3) is 0.333. The van der Waals surface area contributed by atoms with Gasteiger partial charge in [-0.15, -0.1) is 0 Å². The van der Waals surface area contributed by atoms with Gasteiger partial charge in [-0.25, -0.2) is 4.98 Å². The molecule has 4 heteroatoms. The minimum atomic E-state index is 0.467. The Balaban J connectivity index is 2.61. The first-order chi connectivity index (χ1) is 6.35. The van der Waals surface area contributed by atoms with Crippen LogP contribution in [0.3, 0.4) is 0 Å². The van der Waals surface area contributed by atoms with E-state index in [9.17, 15) is 0 Å². The Morgan fingerprint density at radius 2 is 2.31 bits per heavy atom. The topological polar surface area (TPSA) is 56.7 Å². The molecule has 0 aliphatic heterocycles. The zero-order valence-corrected chi connectivity index (χ0v) is 7.57. The van der Waals surface area contributed by atoms with Gasteiger partial charge in [0.15, 0.2) is 0 Å². The van der Waals surface area contributed by atoms with E-state index in [0.29, 0.717) is 6.54 Å². The molecule has 2 heterocycles. The number of fused-ring (bicyclic) bond motifs is 1. The van der Waals surface area contributed by atoms with Gasteiger partial charge in [0, 0.05) is 13.1 Å². The number of nitrogens with two attached hydrogens (primary N) is 1. The van der Waals surface area contributed by atoms with Crippen LogP contribution >= 0.6 is 0 Å². The van der Waals surface area contributed by atoms with Crippen LogP contribution in [0.15, 0.2) is 18.6 Å². The highest BCUT2D eigenvalue weighted by molar-refractivity contribution is 5.74. The Hall–Kier alpha value is -1.42. The summed E-state index contributed by atoms with van der Waals surface area (Å²) >= 11 is 0. The molecule has 0 radical (unpaired) electrons. The van der Waals surface area contributed by atoms with Crippen molar-refractivity contribution in [2.75, 3.05) is 0 Å². The maximum atomic E-state index is 5.48. The van der Waals surface area contributed by atoms with E-state index in [2.05, 4.69) is 21.5 Å². The van der Waals surface area contributed by atoms with Crippen molar-refractivity contribution < 1.29 is 0 Å². The first-order valence-electron chi connectivity index (χ1n) is 4.35. The molecule has 0 saturated heterocycles. The van der Waals surface area contributed by atoms with Crippen LogP contribution in [0, 0.1) is 0 Å². The maximum absolute atomic E-state index is 5.48. The molecule has 0 aliphatic rings. The molecule has 0 spiro atoms. The summed E-state index contributed by atoms with van der Waals surface area (Å²) in [7, 11) is 0. The average Bonchev–Trinajstić information content (AvgIpc) is 2.59. The van der Waals surface area contributed by atoms with Gasteiger partial charge in [-0.05, 0) is 13.0 Å². The summed E-state index contributed by atoms with van der Waals surface area (Å²) in [5.74, 6) is 0. The van der Waals surface area contributed by atoms with Gasteiger partial charge in [-0.2, -0.15) is 0 Å². The van der Waals surface area contributed by atoms with Gasteiger partial charge in [0.25, 0.3) is 0 Å². The molecule has 4 nitrogen and oxygen atoms in total. The summed E-state index contributed by atoms with van der Waals surface area (Å²) in [5, 5.41) is 0. The van der Waals surface area contributed by atoms with Crippen LogP contribution in [-0.4, -0.2) is 14.5 Å². The Kier molecular flexibility index (Phi) is 1.98. The zero-order valence-electron chi connectivity index (χ0n) is 7.57. The van der Waals surface area contributed by atoms with Crippen LogP contribution in [0.2, 0.25) is 0 Å². The summed E-state index contributed by atoms with van der Waals surface area (Å²) in [6.45, 7) is 3.47. The molecular weight excluding hydrogens is 164 g/mol. The molecule has 0 aromatic carbocycles. The quantitative estimate of drug-likeness (QED) is 0.740. The summed E-state index contributed by atoms with van der Waals surface area (Å²) < 4.78 is 2.06. The highest BCUT2D eigenvalue weighted by Gasteiger charge is 2.01. The molecule has 68 valence electrons. The molecule has 0 aliphatic carbocycles. The molecule has 2 N–H and O–H groups in total. The van der Waals surface area contributed by atoms with Crippen LogP contribution in [0.5, 0.6) is 0 Å². The zero-order chi connectivity index (χ0) is 9.26. The minimum absolute atomic E-state index is 0.467. The van der Waals surface area contributed by atoms with Gasteiger partial charge < -0.3 is 10.3 Å². The molecule has 2 rings (SSSR count). The number of nitrogens with zero attached hydrogens (tertiary/aromatic N) is 3. The third-order valence-electron chi connectivity index (χ3n) is 2.11. The Morgan fingerprint density at radius 1 is 1.46 bits per heavy atom. The molecule has 0 unspecified atom stereocenters. The number of pyridine rings is 1. The monoisotopic (exact) mass is 176 g/mol. The lowest BCUT2D eigenvalue weighted by Crippen LogP contribution is -1.99. The van der Waals surface area contributed by atoms with E-state index < -0.39 is 0 Å². The second-order valence-electron chi connectivity index (χ2n) is 2.90. The van der Waals surface area contributed by atoms with E-state index in [4.69, 9.17) is 5.73 Å². The normalized spacial score (nSPS) is 10.9. The van der Waals surface area contributed by atoms with Crippen molar-refractivity contribution in [1.29, 1.82) is 0 Å². The molecule has 2 aromatic heterocycles. The van der Waals surface area contributed by atoms with E-state index in [1.165, 1.54) is 0 Å². The standard InChI is InChI=1S/C9H12N4/c1-2-13-6-12-8-3-7(4-10)11-5-9(8)13/h3,5-6H,2,4,10H2,1H3. The van der Waals surface area contributed by atoms with Crippen molar-refractivity contribution in [2.45, 2.75) is 20.0 Å². The van der Waals surface area contributed by atoms with Crippen molar-refractivity contribution in [3.63, 3.8) is 0 Å². The van der Waals surface area contributed by atoms with E-state index in [0.717, 1.165) is 23.3 Å². The van der Waals surface area contributed by atoms with Gasteiger partial charge in [0.1, 0.15) is 0 Å². The summed E-state index contributed by atoms with van der Waals surface area (Å²) in [5.41, 5.74) is 8.41. The van der Waals surface area contributed by atoms with Crippen molar-refractivity contribution in [3.8, 4) is 0 Å². The van der Waals surface area contributed by atoms with Crippen molar-refractivity contribution in [3.05, 3.63) is 24.3 Å². The predicted octanol–water partition coefficient (Wildman–Crippen LogP) is 0.910. The number of imidazole rings is 1. The third-order valence-corrected chi connectivity index (χ3v) is 2.11. The van der Waals surface area contributed by atoms with Gasteiger partial charge in [0.05, 0.1) is 29.3 Å². The molecule has 0 bridgehead atoms. The molecule has 13 heavy (non-hydrogen) atoms. The largest absolute Gasteiger partial charge is 0.330 e. The van der Waals surface area contributed by atoms with Gasteiger partial charge in [-0.3, -0.25) is 4.98 Å². The molecule has 2 aromatic rings. The smallest absolute Gasteiger partial charge is 0.0958 e. The van der Waals surface area contributed by atoms with Crippen LogP contribution in [0.1, 0.15) is 12.6 Å².